The molecule has 8 heteroatoms. The van der Waals surface area contributed by atoms with E-state index in [-0.39, 0.29) is 17.8 Å². The summed E-state index contributed by atoms with van der Waals surface area (Å²) >= 11 is 0. The third-order valence-corrected chi connectivity index (χ3v) is 6.57. The van der Waals surface area contributed by atoms with Crippen molar-refractivity contribution < 1.29 is 34.1 Å². The first-order valence-electron chi connectivity index (χ1n) is 12.8. The first kappa shape index (κ1) is 27.4. The number of anilines is 1. The molecule has 1 aliphatic heterocycles. The van der Waals surface area contributed by atoms with Crippen molar-refractivity contribution in [1.29, 1.82) is 0 Å². The Labute approximate surface area is 227 Å². The van der Waals surface area contributed by atoms with Crippen molar-refractivity contribution in [3.8, 4) is 11.5 Å². The maximum Gasteiger partial charge on any atom is 0.307 e. The minimum atomic E-state index is -0.975. The van der Waals surface area contributed by atoms with Gasteiger partial charge in [0.2, 0.25) is 0 Å². The summed E-state index contributed by atoms with van der Waals surface area (Å²) in [5, 5.41) is 20.4. The summed E-state index contributed by atoms with van der Waals surface area (Å²) in [6, 6.07) is 19.2. The lowest BCUT2D eigenvalue weighted by Crippen LogP contribution is -2.29. The van der Waals surface area contributed by atoms with Crippen molar-refractivity contribution in [2.24, 2.45) is 0 Å². The fourth-order valence-corrected chi connectivity index (χ4v) is 4.58. The van der Waals surface area contributed by atoms with Crippen LogP contribution in [-0.2, 0) is 20.8 Å². The predicted octanol–water partition coefficient (Wildman–Crippen LogP) is 5.52. The average molecular weight is 530 g/mol. The molecule has 8 nitrogen and oxygen atoms in total. The Morgan fingerprint density at radius 2 is 1.64 bits per heavy atom. The van der Waals surface area contributed by atoms with Crippen molar-refractivity contribution in [3.05, 3.63) is 95.1 Å². The van der Waals surface area contributed by atoms with Gasteiger partial charge in [-0.25, -0.2) is 0 Å². The Hall–Kier alpha value is -4.59. The molecule has 0 spiro atoms. The minimum Gasteiger partial charge on any atom is -0.507 e. The Balaban J connectivity index is 1.75. The first-order chi connectivity index (χ1) is 18.8. The zero-order valence-electron chi connectivity index (χ0n) is 21.9. The molecule has 0 radical (unpaired) electrons. The summed E-state index contributed by atoms with van der Waals surface area (Å²) < 4.78 is 11.1. The number of aliphatic hydroxyl groups excluding tert-OH is 1. The lowest BCUT2D eigenvalue weighted by atomic mass is 9.95. The predicted molar refractivity (Wildman–Crippen MR) is 147 cm³/mol. The van der Waals surface area contributed by atoms with E-state index in [4.69, 9.17) is 14.6 Å². The van der Waals surface area contributed by atoms with E-state index in [9.17, 15) is 19.5 Å². The van der Waals surface area contributed by atoms with Gasteiger partial charge in [-0.2, -0.15) is 0 Å². The van der Waals surface area contributed by atoms with Crippen LogP contribution in [0.25, 0.3) is 5.76 Å². The van der Waals surface area contributed by atoms with Gasteiger partial charge < -0.3 is 19.7 Å². The second-order valence-corrected chi connectivity index (χ2v) is 9.26. The fraction of sp³-hybridized carbons (Fsp3) is 0.258. The highest BCUT2D eigenvalue weighted by molar-refractivity contribution is 6.51. The fourth-order valence-electron chi connectivity index (χ4n) is 4.58. The Bertz CT molecular complexity index is 1380. The maximum atomic E-state index is 13.4. The lowest BCUT2D eigenvalue weighted by molar-refractivity contribution is -0.136. The summed E-state index contributed by atoms with van der Waals surface area (Å²) in [7, 11) is 1.52. The number of hydrogen-bond acceptors (Lipinski definition) is 6. The topological polar surface area (TPSA) is 113 Å². The van der Waals surface area contributed by atoms with Crippen molar-refractivity contribution >= 4 is 29.1 Å². The number of aliphatic hydroxyl groups is 1. The van der Waals surface area contributed by atoms with Gasteiger partial charge in [0.25, 0.3) is 11.7 Å². The number of amides is 1. The highest BCUT2D eigenvalue weighted by Gasteiger charge is 2.47. The molecule has 3 aromatic carbocycles. The number of benzene rings is 3. The molecule has 1 atom stereocenters. The van der Waals surface area contributed by atoms with Crippen LogP contribution in [0.3, 0.4) is 0 Å². The van der Waals surface area contributed by atoms with E-state index in [1.54, 1.807) is 72.8 Å². The van der Waals surface area contributed by atoms with Gasteiger partial charge in [0, 0.05) is 11.3 Å². The molecule has 1 aliphatic rings. The number of aliphatic carboxylic acids is 1. The van der Waals surface area contributed by atoms with Crippen molar-refractivity contribution in [3.63, 3.8) is 0 Å². The Morgan fingerprint density at radius 3 is 2.28 bits per heavy atom. The van der Waals surface area contributed by atoms with E-state index in [1.165, 1.54) is 12.0 Å². The summed E-state index contributed by atoms with van der Waals surface area (Å²) in [6.07, 6.45) is 2.94. The molecule has 3 aromatic rings. The van der Waals surface area contributed by atoms with Crippen LogP contribution in [0.2, 0.25) is 0 Å². The summed E-state index contributed by atoms with van der Waals surface area (Å²) in [4.78, 5) is 39.2. The van der Waals surface area contributed by atoms with E-state index in [2.05, 4.69) is 6.92 Å². The number of ketones is 1. The van der Waals surface area contributed by atoms with E-state index in [0.29, 0.717) is 40.5 Å². The summed E-state index contributed by atoms with van der Waals surface area (Å²) in [6.45, 7) is 2.71. The normalized spacial score (nSPS) is 16.4. The first-order valence-corrected chi connectivity index (χ1v) is 12.8. The molecule has 0 aliphatic carbocycles. The minimum absolute atomic E-state index is 0.0560. The number of carbonyl (C=O) groups is 3. The van der Waals surface area contributed by atoms with Crippen LogP contribution in [0.5, 0.6) is 11.5 Å². The van der Waals surface area contributed by atoms with E-state index in [0.717, 1.165) is 19.3 Å². The van der Waals surface area contributed by atoms with Gasteiger partial charge in [-0.3, -0.25) is 19.3 Å². The van der Waals surface area contributed by atoms with Crippen molar-refractivity contribution in [1.82, 2.24) is 0 Å². The number of ether oxygens (including phenoxy) is 2. The molecule has 202 valence electrons. The Kier molecular flexibility index (Phi) is 8.66. The number of carboxylic acid groups (broad SMARTS) is 1. The quantitative estimate of drug-likeness (QED) is 0.146. The van der Waals surface area contributed by atoms with Crippen LogP contribution in [0, 0.1) is 0 Å². The molecular weight excluding hydrogens is 498 g/mol. The number of rotatable bonds is 11. The molecule has 0 aromatic heterocycles. The third kappa shape index (κ3) is 6.12. The van der Waals surface area contributed by atoms with E-state index in [1.807, 2.05) is 0 Å². The van der Waals surface area contributed by atoms with Gasteiger partial charge in [0.1, 0.15) is 17.3 Å². The summed E-state index contributed by atoms with van der Waals surface area (Å²) in [5.41, 5.74) is 1.84. The van der Waals surface area contributed by atoms with Crippen LogP contribution in [-0.4, -0.2) is 41.6 Å². The van der Waals surface area contributed by atoms with Gasteiger partial charge in [0.15, 0.2) is 0 Å². The number of carbonyl (C=O) groups excluding carboxylic acids is 2. The number of hydrogen-bond donors (Lipinski definition) is 2. The number of carboxylic acids is 1. The van der Waals surface area contributed by atoms with Gasteiger partial charge in [0.05, 0.1) is 31.8 Å². The average Bonchev–Trinajstić information content (AvgIpc) is 3.21. The largest absolute Gasteiger partial charge is 0.507 e. The molecule has 1 amide bonds. The smallest absolute Gasteiger partial charge is 0.307 e. The van der Waals surface area contributed by atoms with Crippen LogP contribution in [0.4, 0.5) is 5.69 Å². The molecule has 39 heavy (non-hydrogen) atoms. The van der Waals surface area contributed by atoms with Gasteiger partial charge >= 0.3 is 5.97 Å². The van der Waals surface area contributed by atoms with E-state index < -0.39 is 23.7 Å². The Morgan fingerprint density at radius 1 is 0.923 bits per heavy atom. The molecule has 0 bridgehead atoms. The molecule has 1 heterocycles. The van der Waals surface area contributed by atoms with Gasteiger partial charge in [-0.05, 0) is 66.1 Å². The van der Waals surface area contributed by atoms with Crippen molar-refractivity contribution in [2.45, 2.75) is 38.6 Å². The van der Waals surface area contributed by atoms with Gasteiger partial charge in [-0.15, -0.1) is 0 Å². The molecule has 1 unspecified atom stereocenters. The van der Waals surface area contributed by atoms with Crippen molar-refractivity contribution in [2.75, 3.05) is 18.6 Å². The van der Waals surface area contributed by atoms with Crippen LogP contribution < -0.4 is 14.4 Å². The monoisotopic (exact) mass is 529 g/mol. The van der Waals surface area contributed by atoms with Crippen LogP contribution in [0.1, 0.15) is 48.9 Å². The summed E-state index contributed by atoms with van der Waals surface area (Å²) in [5.74, 6) is -1.73. The van der Waals surface area contributed by atoms with Crippen LogP contribution in [0.15, 0.2) is 78.4 Å². The third-order valence-electron chi connectivity index (χ3n) is 6.57. The van der Waals surface area contributed by atoms with Gasteiger partial charge in [-0.1, -0.05) is 44.0 Å². The number of unbranched alkanes of at least 4 members (excludes halogenated alkanes) is 2. The second kappa shape index (κ2) is 12.3. The highest BCUT2D eigenvalue weighted by atomic mass is 16.5. The van der Waals surface area contributed by atoms with E-state index >= 15 is 0 Å². The number of nitrogens with zero attached hydrogens (tertiary/aromatic N) is 1. The molecule has 1 saturated heterocycles. The molecular formula is C31H31NO7. The van der Waals surface area contributed by atoms with Crippen LogP contribution >= 0.6 is 0 Å². The molecule has 1 fully saturated rings. The number of Topliss-reactive ketones (excluding diaryl/α,β-unsaturated/α-hetero) is 1. The molecule has 0 saturated carbocycles. The lowest BCUT2D eigenvalue weighted by Gasteiger charge is -2.26. The zero-order valence-corrected chi connectivity index (χ0v) is 21.9. The molecule has 2 N–H and O–H groups in total. The highest BCUT2D eigenvalue weighted by Crippen LogP contribution is 2.43. The zero-order chi connectivity index (χ0) is 27.9. The SMILES string of the molecule is CCCCCOc1ccc(/C(O)=C2/C(=O)C(=O)N(c3ccc(CC(=O)O)cc3)C2c2cccc(OC)c2)cc1. The number of methoxy groups -OCH3 is 1. The standard InChI is InChI=1S/C31H31NO7/c1-3-4-5-17-39-24-15-11-21(12-16-24)29(35)27-28(22-7-6-8-25(19-22)38-2)32(31(37)30(27)36)23-13-9-20(10-14-23)18-26(33)34/h6-16,19,28,35H,3-5,17-18H2,1-2H3,(H,33,34)/b29-27-. The molecule has 4 rings (SSSR count). The second-order valence-electron chi connectivity index (χ2n) is 9.26. The maximum absolute atomic E-state index is 13.4.